The zero-order chi connectivity index (χ0) is 14.0. The van der Waals surface area contributed by atoms with Crippen LogP contribution in [0.3, 0.4) is 0 Å². The van der Waals surface area contributed by atoms with Crippen LogP contribution >= 0.6 is 11.6 Å². The molecule has 3 nitrogen and oxygen atoms in total. The molecule has 2 rings (SSSR count). The van der Waals surface area contributed by atoms with Gasteiger partial charge >= 0.3 is 0 Å². The molecule has 0 unspecified atom stereocenters. The first-order valence-electron chi connectivity index (χ1n) is 6.28. The van der Waals surface area contributed by atoms with Crippen molar-refractivity contribution >= 4 is 23.2 Å². The highest BCUT2D eigenvalue weighted by atomic mass is 35.5. The van der Waals surface area contributed by atoms with E-state index in [0.717, 1.165) is 24.0 Å². The minimum atomic E-state index is -0.475. The van der Waals surface area contributed by atoms with Crippen LogP contribution in [0.15, 0.2) is 35.9 Å². The average Bonchev–Trinajstić information content (AvgIpc) is 3.17. The van der Waals surface area contributed by atoms with E-state index in [1.807, 2.05) is 24.3 Å². The predicted octanol–water partition coefficient (Wildman–Crippen LogP) is 2.91. The van der Waals surface area contributed by atoms with E-state index in [9.17, 15) is 4.79 Å². The first-order chi connectivity index (χ1) is 8.97. The molecule has 1 aliphatic rings. The van der Waals surface area contributed by atoms with Crippen LogP contribution in [0.1, 0.15) is 30.4 Å². The highest BCUT2D eigenvalue weighted by molar-refractivity contribution is 6.42. The standard InChI is InChI=1S/C15H17ClN2O/c1-10(16)13(17)7-6-11-4-2-3-5-12(11)15(8-9-15)14(18)19/h2-5,17H,1,6-9H2,(H2,18,19). The van der Waals surface area contributed by atoms with E-state index < -0.39 is 5.41 Å². The van der Waals surface area contributed by atoms with Gasteiger partial charge in [0.05, 0.1) is 10.4 Å². The van der Waals surface area contributed by atoms with E-state index in [0.29, 0.717) is 18.6 Å². The molecule has 1 amide bonds. The Kier molecular flexibility index (Phi) is 3.76. The van der Waals surface area contributed by atoms with Crippen molar-refractivity contribution in [3.8, 4) is 0 Å². The van der Waals surface area contributed by atoms with Crippen molar-refractivity contribution in [3.05, 3.63) is 47.0 Å². The summed E-state index contributed by atoms with van der Waals surface area (Å²) in [6.45, 7) is 3.55. The van der Waals surface area contributed by atoms with Gasteiger partial charge < -0.3 is 11.1 Å². The molecule has 4 heteroatoms. The summed E-state index contributed by atoms with van der Waals surface area (Å²) in [5.74, 6) is -0.253. The molecule has 0 saturated heterocycles. The fourth-order valence-corrected chi connectivity index (χ4v) is 2.47. The number of carbonyl (C=O) groups is 1. The van der Waals surface area contributed by atoms with E-state index in [1.165, 1.54) is 0 Å². The van der Waals surface area contributed by atoms with Crippen LogP contribution in [-0.4, -0.2) is 11.6 Å². The van der Waals surface area contributed by atoms with Crippen molar-refractivity contribution in [3.63, 3.8) is 0 Å². The smallest absolute Gasteiger partial charge is 0.228 e. The van der Waals surface area contributed by atoms with E-state index in [2.05, 4.69) is 6.58 Å². The zero-order valence-corrected chi connectivity index (χ0v) is 11.5. The molecular weight excluding hydrogens is 260 g/mol. The second-order valence-electron chi connectivity index (χ2n) is 4.99. The third-order valence-electron chi connectivity index (χ3n) is 3.73. The minimum Gasteiger partial charge on any atom is -0.369 e. The van der Waals surface area contributed by atoms with Crippen LogP contribution in [0.4, 0.5) is 0 Å². The van der Waals surface area contributed by atoms with Gasteiger partial charge in [-0.05, 0) is 36.8 Å². The third kappa shape index (κ3) is 2.71. The second kappa shape index (κ2) is 5.17. The van der Waals surface area contributed by atoms with Crippen LogP contribution in [-0.2, 0) is 16.6 Å². The number of rotatable bonds is 6. The number of nitrogens with one attached hydrogen (secondary N) is 1. The lowest BCUT2D eigenvalue weighted by molar-refractivity contribution is -0.120. The summed E-state index contributed by atoms with van der Waals surface area (Å²) < 4.78 is 0. The first-order valence-corrected chi connectivity index (χ1v) is 6.65. The molecule has 100 valence electrons. The molecule has 0 heterocycles. The van der Waals surface area contributed by atoms with Gasteiger partial charge in [0.2, 0.25) is 5.91 Å². The van der Waals surface area contributed by atoms with Gasteiger partial charge in [-0.15, -0.1) is 0 Å². The molecule has 0 atom stereocenters. The van der Waals surface area contributed by atoms with Crippen LogP contribution in [0.25, 0.3) is 0 Å². The number of carbonyl (C=O) groups excluding carboxylic acids is 1. The summed E-state index contributed by atoms with van der Waals surface area (Å²) in [5, 5.41) is 7.97. The fourth-order valence-electron chi connectivity index (χ4n) is 2.37. The Hall–Kier alpha value is -1.61. The molecule has 19 heavy (non-hydrogen) atoms. The summed E-state index contributed by atoms with van der Waals surface area (Å²) in [6, 6.07) is 7.82. The minimum absolute atomic E-state index is 0.253. The molecule has 0 bridgehead atoms. The molecule has 1 fully saturated rings. The normalized spacial score (nSPS) is 15.8. The van der Waals surface area contributed by atoms with Crippen molar-refractivity contribution in [1.29, 1.82) is 5.41 Å². The van der Waals surface area contributed by atoms with Crippen molar-refractivity contribution < 1.29 is 4.79 Å². The molecule has 3 N–H and O–H groups in total. The number of nitrogens with two attached hydrogens (primary N) is 1. The Morgan fingerprint density at radius 3 is 2.58 bits per heavy atom. The lowest BCUT2D eigenvalue weighted by Crippen LogP contribution is -2.29. The Balaban J connectivity index is 2.21. The quantitative estimate of drug-likeness (QED) is 0.771. The Labute approximate surface area is 118 Å². The summed E-state index contributed by atoms with van der Waals surface area (Å²) in [5.41, 5.74) is 7.46. The van der Waals surface area contributed by atoms with Crippen molar-refractivity contribution in [2.45, 2.75) is 31.1 Å². The van der Waals surface area contributed by atoms with E-state index in [4.69, 9.17) is 22.7 Å². The maximum Gasteiger partial charge on any atom is 0.228 e. The lowest BCUT2D eigenvalue weighted by atomic mass is 9.88. The predicted molar refractivity (Wildman–Crippen MR) is 77.6 cm³/mol. The number of primary amides is 1. The van der Waals surface area contributed by atoms with Gasteiger partial charge in [0.15, 0.2) is 0 Å². The Bertz CT molecular complexity index is 547. The molecule has 1 saturated carbocycles. The number of hydrogen-bond acceptors (Lipinski definition) is 2. The third-order valence-corrected chi connectivity index (χ3v) is 3.95. The van der Waals surface area contributed by atoms with Gasteiger partial charge in [-0.3, -0.25) is 4.79 Å². The molecule has 0 spiro atoms. The molecule has 0 aliphatic heterocycles. The fraction of sp³-hybridized carbons (Fsp3) is 0.333. The first kappa shape index (κ1) is 13.8. The van der Waals surface area contributed by atoms with Gasteiger partial charge in [-0.25, -0.2) is 0 Å². The summed E-state index contributed by atoms with van der Waals surface area (Å²) >= 11 is 5.69. The van der Waals surface area contributed by atoms with Gasteiger partial charge in [0.1, 0.15) is 0 Å². The maximum absolute atomic E-state index is 11.6. The van der Waals surface area contributed by atoms with Gasteiger partial charge in [0.25, 0.3) is 0 Å². The number of hydrogen-bond donors (Lipinski definition) is 2. The number of allylic oxidation sites excluding steroid dienone is 1. The van der Waals surface area contributed by atoms with E-state index >= 15 is 0 Å². The average molecular weight is 277 g/mol. The van der Waals surface area contributed by atoms with E-state index in [-0.39, 0.29) is 10.9 Å². The monoisotopic (exact) mass is 276 g/mol. The van der Waals surface area contributed by atoms with Crippen molar-refractivity contribution in [2.75, 3.05) is 0 Å². The molecule has 1 aromatic carbocycles. The van der Waals surface area contributed by atoms with Crippen molar-refractivity contribution in [1.82, 2.24) is 0 Å². The molecule has 0 radical (unpaired) electrons. The van der Waals surface area contributed by atoms with Crippen LogP contribution < -0.4 is 5.73 Å². The maximum atomic E-state index is 11.6. The summed E-state index contributed by atoms with van der Waals surface area (Å²) in [4.78, 5) is 11.6. The summed E-state index contributed by atoms with van der Waals surface area (Å²) in [7, 11) is 0. The Morgan fingerprint density at radius 2 is 2.05 bits per heavy atom. The Morgan fingerprint density at radius 1 is 1.42 bits per heavy atom. The van der Waals surface area contributed by atoms with Crippen molar-refractivity contribution in [2.24, 2.45) is 5.73 Å². The molecular formula is C15H17ClN2O. The second-order valence-corrected chi connectivity index (χ2v) is 5.44. The van der Waals surface area contributed by atoms with Crippen LogP contribution in [0, 0.1) is 5.41 Å². The number of benzene rings is 1. The SMILES string of the molecule is C=C(Cl)C(=N)CCc1ccccc1C1(C(N)=O)CC1. The van der Waals surface area contributed by atoms with Crippen LogP contribution in [0.2, 0.25) is 0 Å². The highest BCUT2D eigenvalue weighted by Crippen LogP contribution is 2.49. The van der Waals surface area contributed by atoms with Crippen LogP contribution in [0.5, 0.6) is 0 Å². The zero-order valence-electron chi connectivity index (χ0n) is 10.7. The van der Waals surface area contributed by atoms with Gasteiger partial charge in [-0.1, -0.05) is 42.4 Å². The topological polar surface area (TPSA) is 66.9 Å². The van der Waals surface area contributed by atoms with E-state index in [1.54, 1.807) is 0 Å². The van der Waals surface area contributed by atoms with Gasteiger partial charge in [-0.2, -0.15) is 0 Å². The highest BCUT2D eigenvalue weighted by Gasteiger charge is 2.50. The number of amides is 1. The molecule has 1 aromatic rings. The molecule has 0 aromatic heterocycles. The molecule has 1 aliphatic carbocycles. The lowest BCUT2D eigenvalue weighted by Gasteiger charge is -2.16. The largest absolute Gasteiger partial charge is 0.369 e. The number of aryl methyl sites for hydroxylation is 1. The summed E-state index contributed by atoms with van der Waals surface area (Å²) in [6.07, 6.45) is 2.84. The number of halogens is 1. The van der Waals surface area contributed by atoms with Gasteiger partial charge in [0, 0.05) is 5.71 Å².